The second kappa shape index (κ2) is 9.54. The van der Waals surface area contributed by atoms with Crippen molar-refractivity contribution < 1.29 is 0 Å². The van der Waals surface area contributed by atoms with Gasteiger partial charge in [-0.15, -0.1) is 0 Å². The first-order valence-corrected chi connectivity index (χ1v) is 12.6. The highest BCUT2D eigenvalue weighted by Crippen LogP contribution is 2.48. The summed E-state index contributed by atoms with van der Waals surface area (Å²) in [6.45, 7) is 3.10. The lowest BCUT2D eigenvalue weighted by molar-refractivity contribution is 0.785. The Bertz CT molecular complexity index is 1260. The molecule has 0 aliphatic heterocycles. The number of aromatic nitrogens is 1. The van der Waals surface area contributed by atoms with Gasteiger partial charge in [0.25, 0.3) is 0 Å². The minimum Gasteiger partial charge on any atom is -0.340 e. The summed E-state index contributed by atoms with van der Waals surface area (Å²) >= 11 is 7.22. The predicted octanol–water partition coefficient (Wildman–Crippen LogP) is 9.70. The van der Waals surface area contributed by atoms with Crippen LogP contribution in [0.1, 0.15) is 6.92 Å². The monoisotopic (exact) mass is 555 g/mol. The highest BCUT2D eigenvalue weighted by atomic mass is 79.9. The molecule has 1 heterocycles. The molecule has 0 radical (unpaired) electrons. The molecule has 0 aliphatic carbocycles. The largest absolute Gasteiger partial charge is 0.340 e. The van der Waals surface area contributed by atoms with Crippen LogP contribution in [-0.2, 0) is 6.54 Å². The molecule has 5 aromatic rings. The number of nitrogens with zero attached hydrogens (tertiary/aromatic N) is 1. The zero-order valence-electron chi connectivity index (χ0n) is 18.3. The maximum Gasteiger partial charge on any atom is 0.0571 e. The Balaban J connectivity index is 1.96. The molecule has 0 atom stereocenters. The standard InChI is InChI=1S/C30H23Br2N/c1-2-33-29(23-9-5-3-6-10-23)27(21-13-17-25(31)18-14-21)28(22-15-19-26(32)20-16-22)30(33)24-11-7-4-8-12-24/h3-20H,2H2,1H3. The summed E-state index contributed by atoms with van der Waals surface area (Å²) in [5.41, 5.74) is 9.87. The lowest BCUT2D eigenvalue weighted by Gasteiger charge is -2.13. The van der Waals surface area contributed by atoms with E-state index in [0.717, 1.165) is 15.5 Å². The molecular formula is C30H23Br2N. The van der Waals surface area contributed by atoms with Crippen LogP contribution in [-0.4, -0.2) is 4.57 Å². The summed E-state index contributed by atoms with van der Waals surface area (Å²) in [5.74, 6) is 0. The normalized spacial score (nSPS) is 11.0. The maximum atomic E-state index is 3.61. The molecular weight excluding hydrogens is 534 g/mol. The maximum absolute atomic E-state index is 3.61. The molecule has 0 bridgehead atoms. The Hall–Kier alpha value is -2.88. The Kier molecular flexibility index (Phi) is 6.34. The molecule has 1 nitrogen and oxygen atoms in total. The Morgan fingerprint density at radius 2 is 0.848 bits per heavy atom. The van der Waals surface area contributed by atoms with Crippen molar-refractivity contribution in [1.29, 1.82) is 0 Å². The summed E-state index contributed by atoms with van der Waals surface area (Å²) in [4.78, 5) is 0. The van der Waals surface area contributed by atoms with E-state index in [1.807, 2.05) is 0 Å². The van der Waals surface area contributed by atoms with Crippen molar-refractivity contribution in [2.45, 2.75) is 13.5 Å². The fourth-order valence-corrected chi connectivity index (χ4v) is 5.05. The van der Waals surface area contributed by atoms with Crippen molar-refractivity contribution in [3.63, 3.8) is 0 Å². The van der Waals surface area contributed by atoms with Crippen molar-refractivity contribution >= 4 is 31.9 Å². The van der Waals surface area contributed by atoms with E-state index in [2.05, 4.69) is 153 Å². The van der Waals surface area contributed by atoms with Crippen LogP contribution in [0.3, 0.4) is 0 Å². The van der Waals surface area contributed by atoms with Crippen LogP contribution < -0.4 is 0 Å². The van der Waals surface area contributed by atoms with Crippen LogP contribution in [0.25, 0.3) is 44.8 Å². The molecule has 33 heavy (non-hydrogen) atoms. The van der Waals surface area contributed by atoms with Gasteiger partial charge in [-0.2, -0.15) is 0 Å². The summed E-state index contributed by atoms with van der Waals surface area (Å²) in [7, 11) is 0. The third-order valence-electron chi connectivity index (χ3n) is 5.94. The van der Waals surface area contributed by atoms with Gasteiger partial charge in [-0.1, -0.05) is 117 Å². The van der Waals surface area contributed by atoms with Crippen molar-refractivity contribution in [3.8, 4) is 44.8 Å². The molecule has 3 heteroatoms. The number of halogens is 2. The second-order valence-electron chi connectivity index (χ2n) is 7.94. The molecule has 5 rings (SSSR count). The summed E-state index contributed by atoms with van der Waals surface area (Å²) in [6.07, 6.45) is 0. The first-order chi connectivity index (χ1) is 16.2. The van der Waals surface area contributed by atoms with E-state index in [0.29, 0.717) is 0 Å². The molecule has 0 amide bonds. The molecule has 0 fully saturated rings. The van der Waals surface area contributed by atoms with Gasteiger partial charge in [-0.3, -0.25) is 0 Å². The van der Waals surface area contributed by atoms with Crippen LogP contribution in [0.2, 0.25) is 0 Å². The number of benzene rings is 4. The van der Waals surface area contributed by atoms with E-state index in [1.54, 1.807) is 0 Å². The van der Waals surface area contributed by atoms with E-state index in [4.69, 9.17) is 0 Å². The molecule has 162 valence electrons. The van der Waals surface area contributed by atoms with E-state index in [9.17, 15) is 0 Å². The topological polar surface area (TPSA) is 4.93 Å². The molecule has 4 aromatic carbocycles. The van der Waals surface area contributed by atoms with E-state index in [-0.39, 0.29) is 0 Å². The van der Waals surface area contributed by atoms with Gasteiger partial charge in [-0.25, -0.2) is 0 Å². The summed E-state index contributed by atoms with van der Waals surface area (Å²) in [6, 6.07) is 38.8. The van der Waals surface area contributed by atoms with Crippen molar-refractivity contribution in [2.75, 3.05) is 0 Å². The molecule has 0 N–H and O–H groups in total. The fraction of sp³-hybridized carbons (Fsp3) is 0.0667. The second-order valence-corrected chi connectivity index (χ2v) is 9.77. The van der Waals surface area contributed by atoms with Gasteiger partial charge in [0.2, 0.25) is 0 Å². The molecule has 0 saturated heterocycles. The van der Waals surface area contributed by atoms with Crippen molar-refractivity contribution in [2.24, 2.45) is 0 Å². The smallest absolute Gasteiger partial charge is 0.0571 e. The first-order valence-electron chi connectivity index (χ1n) is 11.1. The summed E-state index contributed by atoms with van der Waals surface area (Å²) in [5, 5.41) is 0. The number of rotatable bonds is 5. The first kappa shape index (κ1) is 21.9. The zero-order valence-corrected chi connectivity index (χ0v) is 21.5. The Labute approximate surface area is 212 Å². The van der Waals surface area contributed by atoms with Gasteiger partial charge in [0.15, 0.2) is 0 Å². The number of hydrogen-bond acceptors (Lipinski definition) is 0. The van der Waals surface area contributed by atoms with Gasteiger partial charge >= 0.3 is 0 Å². The van der Waals surface area contributed by atoms with Crippen molar-refractivity contribution in [1.82, 2.24) is 4.57 Å². The van der Waals surface area contributed by atoms with Crippen LogP contribution in [0, 0.1) is 0 Å². The third-order valence-corrected chi connectivity index (χ3v) is 7.00. The zero-order chi connectivity index (χ0) is 22.8. The highest BCUT2D eigenvalue weighted by Gasteiger charge is 2.26. The Morgan fingerprint density at radius 1 is 0.485 bits per heavy atom. The molecule has 0 aliphatic rings. The van der Waals surface area contributed by atoms with Gasteiger partial charge in [0.1, 0.15) is 0 Å². The molecule has 0 spiro atoms. The lowest BCUT2D eigenvalue weighted by Crippen LogP contribution is -2.00. The van der Waals surface area contributed by atoms with Crippen LogP contribution in [0.4, 0.5) is 0 Å². The van der Waals surface area contributed by atoms with Crippen LogP contribution in [0.5, 0.6) is 0 Å². The van der Waals surface area contributed by atoms with Crippen LogP contribution in [0.15, 0.2) is 118 Å². The molecule has 1 aromatic heterocycles. The van der Waals surface area contributed by atoms with Gasteiger partial charge in [0.05, 0.1) is 11.4 Å². The lowest BCUT2D eigenvalue weighted by atomic mass is 9.91. The van der Waals surface area contributed by atoms with Crippen molar-refractivity contribution in [3.05, 3.63) is 118 Å². The van der Waals surface area contributed by atoms with E-state index >= 15 is 0 Å². The minimum atomic E-state index is 0.870. The van der Waals surface area contributed by atoms with E-state index < -0.39 is 0 Å². The minimum absolute atomic E-state index is 0.870. The third kappa shape index (κ3) is 4.23. The van der Waals surface area contributed by atoms with Gasteiger partial charge < -0.3 is 4.57 Å². The predicted molar refractivity (Wildman–Crippen MR) is 147 cm³/mol. The summed E-state index contributed by atoms with van der Waals surface area (Å²) < 4.78 is 4.63. The van der Waals surface area contributed by atoms with Gasteiger partial charge in [-0.05, 0) is 53.4 Å². The molecule has 0 unspecified atom stereocenters. The van der Waals surface area contributed by atoms with Crippen LogP contribution >= 0.6 is 31.9 Å². The quantitative estimate of drug-likeness (QED) is 0.203. The Morgan fingerprint density at radius 3 is 1.18 bits per heavy atom. The number of hydrogen-bond donors (Lipinski definition) is 0. The molecule has 0 saturated carbocycles. The highest BCUT2D eigenvalue weighted by molar-refractivity contribution is 9.10. The average Bonchev–Trinajstić information content (AvgIpc) is 3.21. The van der Waals surface area contributed by atoms with Gasteiger partial charge in [0, 0.05) is 26.6 Å². The average molecular weight is 557 g/mol. The fourth-order valence-electron chi connectivity index (χ4n) is 4.52. The van der Waals surface area contributed by atoms with E-state index in [1.165, 1.54) is 44.8 Å². The SMILES string of the molecule is CCn1c(-c2ccccc2)c(-c2ccc(Br)cc2)c(-c2ccc(Br)cc2)c1-c1ccccc1.